The third-order valence-electron chi connectivity index (χ3n) is 1.51. The lowest BCUT2D eigenvalue weighted by atomic mass is 10.3. The van der Waals surface area contributed by atoms with E-state index >= 15 is 0 Å². The molecule has 3 N–H and O–H groups in total. The highest BCUT2D eigenvalue weighted by Crippen LogP contribution is 2.13. The van der Waals surface area contributed by atoms with Crippen LogP contribution in [0.5, 0.6) is 0 Å². The molecular formula is C10H12N2OS. The molecule has 0 aromatic carbocycles. The Morgan fingerprint density at radius 2 is 2.50 bits per heavy atom. The second-order valence-corrected chi connectivity index (χ2v) is 3.48. The fourth-order valence-corrected chi connectivity index (χ4v) is 1.68. The number of rotatable bonds is 2. The van der Waals surface area contributed by atoms with Gasteiger partial charge in [-0.1, -0.05) is 11.8 Å². The van der Waals surface area contributed by atoms with E-state index in [9.17, 15) is 4.79 Å². The Morgan fingerprint density at radius 3 is 3.14 bits per heavy atom. The first-order valence-corrected chi connectivity index (χ1v) is 5.21. The molecule has 0 aliphatic heterocycles. The summed E-state index contributed by atoms with van der Waals surface area (Å²) >= 11 is 1.45. The molecule has 74 valence electrons. The van der Waals surface area contributed by atoms with E-state index in [1.54, 1.807) is 11.4 Å². The molecule has 3 nitrogen and oxygen atoms in total. The number of nitrogens with one attached hydrogen (secondary N) is 1. The van der Waals surface area contributed by atoms with E-state index in [0.717, 1.165) is 4.88 Å². The highest BCUT2D eigenvalue weighted by atomic mass is 32.1. The minimum Gasteiger partial charge on any atom is -0.352 e. The molecular weight excluding hydrogens is 196 g/mol. The van der Waals surface area contributed by atoms with Gasteiger partial charge in [0.05, 0.1) is 17.0 Å². The largest absolute Gasteiger partial charge is 0.352 e. The van der Waals surface area contributed by atoms with Gasteiger partial charge < -0.3 is 11.1 Å². The third kappa shape index (κ3) is 2.87. The van der Waals surface area contributed by atoms with Crippen LogP contribution in [0.4, 0.5) is 0 Å². The lowest BCUT2D eigenvalue weighted by Gasteiger charge is -1.96. The van der Waals surface area contributed by atoms with Crippen molar-refractivity contribution in [3.05, 3.63) is 21.9 Å². The topological polar surface area (TPSA) is 55.1 Å². The predicted octanol–water partition coefficient (Wildman–Crippen LogP) is 0.808. The number of hydrogen-bond donors (Lipinski definition) is 2. The maximum atomic E-state index is 11.4. The van der Waals surface area contributed by atoms with Crippen molar-refractivity contribution in [1.29, 1.82) is 0 Å². The van der Waals surface area contributed by atoms with E-state index < -0.39 is 0 Å². The average molecular weight is 208 g/mol. The average Bonchev–Trinajstić information content (AvgIpc) is 2.63. The van der Waals surface area contributed by atoms with Crippen LogP contribution in [0.25, 0.3) is 0 Å². The molecule has 14 heavy (non-hydrogen) atoms. The number of hydrogen-bond acceptors (Lipinski definition) is 3. The summed E-state index contributed by atoms with van der Waals surface area (Å²) in [6.45, 7) is 2.87. The summed E-state index contributed by atoms with van der Waals surface area (Å²) in [6.07, 6.45) is 0. The van der Waals surface area contributed by atoms with Crippen molar-refractivity contribution in [2.24, 2.45) is 5.73 Å². The molecule has 1 amide bonds. The first kappa shape index (κ1) is 10.8. The monoisotopic (exact) mass is 208 g/mol. The quantitative estimate of drug-likeness (QED) is 0.707. The van der Waals surface area contributed by atoms with E-state index in [1.165, 1.54) is 11.3 Å². The van der Waals surface area contributed by atoms with Crippen molar-refractivity contribution in [2.75, 3.05) is 13.1 Å². The second-order valence-electron chi connectivity index (χ2n) is 2.56. The lowest BCUT2D eigenvalue weighted by molar-refractivity contribution is 0.0956. The van der Waals surface area contributed by atoms with Gasteiger partial charge in [0.15, 0.2) is 0 Å². The van der Waals surface area contributed by atoms with Crippen molar-refractivity contribution in [3.8, 4) is 11.8 Å². The Balaban J connectivity index is 2.72. The van der Waals surface area contributed by atoms with E-state index in [0.29, 0.717) is 18.7 Å². The first-order valence-electron chi connectivity index (χ1n) is 4.33. The van der Waals surface area contributed by atoms with E-state index in [1.807, 2.05) is 6.92 Å². The minimum absolute atomic E-state index is 0.0513. The summed E-state index contributed by atoms with van der Waals surface area (Å²) in [4.78, 5) is 12.2. The Labute approximate surface area is 87.3 Å². The molecule has 0 aliphatic rings. The van der Waals surface area contributed by atoms with Gasteiger partial charge in [-0.2, -0.15) is 0 Å². The van der Waals surface area contributed by atoms with E-state index in [2.05, 4.69) is 17.2 Å². The van der Waals surface area contributed by atoms with Gasteiger partial charge in [0.2, 0.25) is 0 Å². The fraction of sp³-hybridized carbons (Fsp3) is 0.300. The molecule has 0 atom stereocenters. The van der Waals surface area contributed by atoms with Crippen LogP contribution in [0.15, 0.2) is 11.4 Å². The van der Waals surface area contributed by atoms with Gasteiger partial charge in [-0.05, 0) is 13.0 Å². The molecule has 0 saturated carbocycles. The Morgan fingerprint density at radius 1 is 1.71 bits per heavy atom. The van der Waals surface area contributed by atoms with Crippen LogP contribution < -0.4 is 11.1 Å². The van der Waals surface area contributed by atoms with Crippen molar-refractivity contribution in [3.63, 3.8) is 0 Å². The van der Waals surface area contributed by atoms with Crippen LogP contribution in [0.2, 0.25) is 0 Å². The molecule has 1 heterocycles. The highest BCUT2D eigenvalue weighted by molar-refractivity contribution is 7.10. The zero-order chi connectivity index (χ0) is 10.4. The molecule has 0 unspecified atom stereocenters. The summed E-state index contributed by atoms with van der Waals surface area (Å²) in [5.41, 5.74) is 5.91. The molecule has 0 saturated heterocycles. The normalized spacial score (nSPS) is 9.00. The van der Waals surface area contributed by atoms with Crippen LogP contribution in [0, 0.1) is 11.8 Å². The van der Waals surface area contributed by atoms with Gasteiger partial charge in [-0.15, -0.1) is 11.3 Å². The Hall–Kier alpha value is -1.31. The number of thiophene rings is 1. The van der Waals surface area contributed by atoms with Crippen molar-refractivity contribution < 1.29 is 4.79 Å². The van der Waals surface area contributed by atoms with E-state index in [4.69, 9.17) is 5.73 Å². The predicted molar refractivity (Wildman–Crippen MR) is 58.3 cm³/mol. The molecule has 1 rings (SSSR count). The molecule has 0 radical (unpaired) electrons. The lowest BCUT2D eigenvalue weighted by Crippen LogP contribution is -2.21. The first-order chi connectivity index (χ1) is 6.77. The van der Waals surface area contributed by atoms with Gasteiger partial charge in [0.25, 0.3) is 5.91 Å². The molecule has 1 aromatic heterocycles. The molecule has 1 aromatic rings. The van der Waals surface area contributed by atoms with E-state index in [-0.39, 0.29) is 5.91 Å². The zero-order valence-corrected chi connectivity index (χ0v) is 8.78. The van der Waals surface area contributed by atoms with Gasteiger partial charge in [0.1, 0.15) is 0 Å². The molecule has 4 heteroatoms. The van der Waals surface area contributed by atoms with Crippen LogP contribution in [0.3, 0.4) is 0 Å². The summed E-state index contributed by atoms with van der Waals surface area (Å²) in [6, 6.07) is 1.78. The van der Waals surface area contributed by atoms with Crippen molar-refractivity contribution >= 4 is 17.2 Å². The maximum absolute atomic E-state index is 11.4. The summed E-state index contributed by atoms with van der Waals surface area (Å²) in [7, 11) is 0. The summed E-state index contributed by atoms with van der Waals surface area (Å²) in [5, 5.41) is 4.52. The highest BCUT2D eigenvalue weighted by Gasteiger charge is 2.05. The zero-order valence-electron chi connectivity index (χ0n) is 7.96. The van der Waals surface area contributed by atoms with Gasteiger partial charge in [-0.25, -0.2) is 0 Å². The fourth-order valence-electron chi connectivity index (χ4n) is 0.922. The number of carbonyl (C=O) groups excluding carboxylic acids is 1. The molecule has 0 spiro atoms. The number of carbonyl (C=O) groups is 1. The van der Waals surface area contributed by atoms with Gasteiger partial charge in [-0.3, -0.25) is 4.79 Å². The summed E-state index contributed by atoms with van der Waals surface area (Å²) in [5.74, 6) is 5.58. The number of amides is 1. The van der Waals surface area contributed by atoms with Crippen LogP contribution >= 0.6 is 11.3 Å². The number of nitrogens with two attached hydrogens (primary N) is 1. The second kappa shape index (κ2) is 5.43. The van der Waals surface area contributed by atoms with Gasteiger partial charge >= 0.3 is 0 Å². The third-order valence-corrected chi connectivity index (χ3v) is 2.36. The smallest absolute Gasteiger partial charge is 0.252 e. The van der Waals surface area contributed by atoms with Crippen molar-refractivity contribution in [2.45, 2.75) is 6.92 Å². The Kier molecular flexibility index (Phi) is 4.17. The van der Waals surface area contributed by atoms with Crippen LogP contribution in [-0.2, 0) is 0 Å². The molecule has 0 fully saturated rings. The molecule has 0 aliphatic carbocycles. The van der Waals surface area contributed by atoms with Crippen LogP contribution in [-0.4, -0.2) is 19.0 Å². The van der Waals surface area contributed by atoms with Gasteiger partial charge in [0, 0.05) is 11.9 Å². The molecule has 0 bridgehead atoms. The maximum Gasteiger partial charge on any atom is 0.252 e. The van der Waals surface area contributed by atoms with Crippen LogP contribution in [0.1, 0.15) is 22.2 Å². The standard InChI is InChI=1S/C10H12N2OS/c1-2-12-10(13)8-6-9(14-7-8)4-3-5-11/h6-7H,2,5,11H2,1H3,(H,12,13). The SMILES string of the molecule is CCNC(=O)c1csc(C#CCN)c1. The Bertz CT molecular complexity index is 373. The van der Waals surface area contributed by atoms with Crippen molar-refractivity contribution in [1.82, 2.24) is 5.32 Å². The minimum atomic E-state index is -0.0513. The summed E-state index contributed by atoms with van der Waals surface area (Å²) < 4.78 is 0.